The summed E-state index contributed by atoms with van der Waals surface area (Å²) in [7, 11) is 0. The molecule has 0 spiro atoms. The Morgan fingerprint density at radius 2 is 2.11 bits per heavy atom. The quantitative estimate of drug-likeness (QED) is 0.772. The first-order chi connectivity index (χ1) is 9.02. The summed E-state index contributed by atoms with van der Waals surface area (Å²) in [6.07, 6.45) is 0.150. The maximum absolute atomic E-state index is 6.26. The Morgan fingerprint density at radius 1 is 1.37 bits per heavy atom. The number of aromatic nitrogens is 2. The van der Waals surface area contributed by atoms with Crippen molar-refractivity contribution >= 4 is 22.6 Å². The van der Waals surface area contributed by atoms with E-state index in [1.165, 1.54) is 5.56 Å². The largest absolute Gasteiger partial charge is 0.377 e. The van der Waals surface area contributed by atoms with Gasteiger partial charge in [0, 0.05) is 6.61 Å². The van der Waals surface area contributed by atoms with Gasteiger partial charge in [-0.15, -0.1) is 11.6 Å². The third kappa shape index (κ3) is 3.10. The molecule has 0 saturated carbocycles. The van der Waals surface area contributed by atoms with Gasteiger partial charge in [-0.3, -0.25) is 0 Å². The van der Waals surface area contributed by atoms with Crippen molar-refractivity contribution in [2.24, 2.45) is 0 Å². The number of fused-ring (bicyclic) bond motifs is 1. The van der Waals surface area contributed by atoms with Gasteiger partial charge in [0.1, 0.15) is 5.82 Å². The van der Waals surface area contributed by atoms with Gasteiger partial charge in [-0.2, -0.15) is 0 Å². The van der Waals surface area contributed by atoms with Gasteiger partial charge in [0.15, 0.2) is 0 Å². The maximum atomic E-state index is 6.26. The second-order valence-electron chi connectivity index (χ2n) is 4.95. The summed E-state index contributed by atoms with van der Waals surface area (Å²) in [5.41, 5.74) is 3.36. The van der Waals surface area contributed by atoms with Crippen LogP contribution in [0.5, 0.6) is 0 Å². The lowest BCUT2D eigenvalue weighted by Gasteiger charge is -2.16. The molecule has 0 fully saturated rings. The van der Waals surface area contributed by atoms with Gasteiger partial charge in [-0.25, -0.2) is 4.98 Å². The first kappa shape index (κ1) is 14.4. The number of hydrogen-bond donors (Lipinski definition) is 0. The number of alkyl halides is 1. The predicted molar refractivity (Wildman–Crippen MR) is 79.8 cm³/mol. The fourth-order valence-electron chi connectivity index (χ4n) is 2.34. The summed E-state index contributed by atoms with van der Waals surface area (Å²) >= 11 is 6.26. The van der Waals surface area contributed by atoms with E-state index < -0.39 is 0 Å². The Bertz CT molecular complexity index is 563. The van der Waals surface area contributed by atoms with Gasteiger partial charge in [0.05, 0.1) is 29.1 Å². The number of nitrogens with zero attached hydrogens (tertiary/aromatic N) is 2. The molecule has 1 aromatic heterocycles. The lowest BCUT2D eigenvalue weighted by atomic mass is 10.2. The molecule has 4 heteroatoms. The number of imidazole rings is 1. The summed E-state index contributed by atoms with van der Waals surface area (Å²) < 4.78 is 7.82. The minimum Gasteiger partial charge on any atom is -0.377 e. The van der Waals surface area contributed by atoms with Gasteiger partial charge in [0.25, 0.3) is 0 Å². The van der Waals surface area contributed by atoms with E-state index in [9.17, 15) is 0 Å². The maximum Gasteiger partial charge on any atom is 0.127 e. The summed E-state index contributed by atoms with van der Waals surface area (Å²) in [6, 6.07) is 6.29. The second-order valence-corrected chi connectivity index (χ2v) is 5.61. The van der Waals surface area contributed by atoms with Crippen LogP contribution < -0.4 is 0 Å². The Morgan fingerprint density at radius 3 is 2.74 bits per heavy atom. The normalized spacial score (nSPS) is 14.8. The highest BCUT2D eigenvalue weighted by atomic mass is 35.5. The molecule has 2 aromatic rings. The fraction of sp³-hybridized carbons (Fsp3) is 0.533. The van der Waals surface area contributed by atoms with Crippen molar-refractivity contribution in [3.8, 4) is 0 Å². The SMILES string of the molecule is CCOC(C)Cn1c(C(C)Cl)nc2ccc(C)cc21. The van der Waals surface area contributed by atoms with Gasteiger partial charge >= 0.3 is 0 Å². The molecule has 1 aromatic carbocycles. The van der Waals surface area contributed by atoms with Crippen molar-refractivity contribution in [3.63, 3.8) is 0 Å². The van der Waals surface area contributed by atoms with E-state index in [4.69, 9.17) is 16.3 Å². The number of ether oxygens (including phenoxy) is 1. The number of halogens is 1. The minimum atomic E-state index is -0.110. The number of rotatable bonds is 5. The zero-order chi connectivity index (χ0) is 14.0. The zero-order valence-corrected chi connectivity index (χ0v) is 12.7. The molecule has 104 valence electrons. The summed E-state index contributed by atoms with van der Waals surface area (Å²) in [6.45, 7) is 9.63. The van der Waals surface area contributed by atoms with Crippen LogP contribution in [-0.4, -0.2) is 22.3 Å². The van der Waals surface area contributed by atoms with Gasteiger partial charge in [-0.05, 0) is 45.4 Å². The molecule has 0 amide bonds. The van der Waals surface area contributed by atoms with E-state index in [1.807, 2.05) is 13.8 Å². The van der Waals surface area contributed by atoms with Gasteiger partial charge < -0.3 is 9.30 Å². The highest BCUT2D eigenvalue weighted by Crippen LogP contribution is 2.25. The molecule has 2 rings (SSSR count). The van der Waals surface area contributed by atoms with Crippen LogP contribution >= 0.6 is 11.6 Å². The van der Waals surface area contributed by atoms with Crippen LogP contribution in [0.1, 0.15) is 37.5 Å². The fourth-order valence-corrected chi connectivity index (χ4v) is 2.51. The van der Waals surface area contributed by atoms with Crippen LogP contribution in [0.15, 0.2) is 18.2 Å². The molecule has 0 aliphatic rings. The molecular weight excluding hydrogens is 260 g/mol. The van der Waals surface area contributed by atoms with E-state index in [0.29, 0.717) is 0 Å². The lowest BCUT2D eigenvalue weighted by molar-refractivity contribution is 0.0642. The van der Waals surface area contributed by atoms with E-state index >= 15 is 0 Å². The third-order valence-corrected chi connectivity index (χ3v) is 3.38. The van der Waals surface area contributed by atoms with E-state index in [1.54, 1.807) is 0 Å². The van der Waals surface area contributed by atoms with E-state index in [2.05, 4.69) is 41.6 Å². The van der Waals surface area contributed by atoms with Crippen LogP contribution in [0.4, 0.5) is 0 Å². The first-order valence-electron chi connectivity index (χ1n) is 6.75. The second kappa shape index (κ2) is 5.93. The average molecular weight is 281 g/mol. The van der Waals surface area contributed by atoms with Gasteiger partial charge in [-0.1, -0.05) is 6.07 Å². The molecule has 0 aliphatic carbocycles. The molecular formula is C15H21ClN2O. The Kier molecular flexibility index (Phi) is 4.48. The van der Waals surface area contributed by atoms with Gasteiger partial charge in [0.2, 0.25) is 0 Å². The summed E-state index contributed by atoms with van der Waals surface area (Å²) in [5.74, 6) is 0.911. The first-order valence-corrected chi connectivity index (χ1v) is 7.19. The van der Waals surface area contributed by atoms with Crippen LogP contribution in [0.3, 0.4) is 0 Å². The predicted octanol–water partition coefficient (Wildman–Crippen LogP) is 4.07. The zero-order valence-electron chi connectivity index (χ0n) is 12.0. The molecule has 19 heavy (non-hydrogen) atoms. The molecule has 0 bridgehead atoms. The van der Waals surface area contributed by atoms with E-state index in [0.717, 1.165) is 30.0 Å². The smallest absolute Gasteiger partial charge is 0.127 e. The van der Waals surface area contributed by atoms with Crippen molar-refractivity contribution in [1.29, 1.82) is 0 Å². The molecule has 0 aliphatic heterocycles. The van der Waals surface area contributed by atoms with Crippen molar-refractivity contribution in [2.75, 3.05) is 6.61 Å². The number of hydrogen-bond acceptors (Lipinski definition) is 2. The van der Waals surface area contributed by atoms with Crippen molar-refractivity contribution < 1.29 is 4.74 Å². The minimum absolute atomic E-state index is 0.110. The molecule has 2 unspecified atom stereocenters. The molecule has 0 saturated heterocycles. The molecule has 0 radical (unpaired) electrons. The van der Waals surface area contributed by atoms with Crippen LogP contribution in [-0.2, 0) is 11.3 Å². The van der Waals surface area contributed by atoms with Crippen LogP contribution in [0, 0.1) is 6.92 Å². The monoisotopic (exact) mass is 280 g/mol. The highest BCUT2D eigenvalue weighted by molar-refractivity contribution is 6.20. The lowest BCUT2D eigenvalue weighted by Crippen LogP contribution is -2.18. The standard InChI is InChI=1S/C15H21ClN2O/c1-5-19-11(3)9-18-14-8-10(2)6-7-13(14)17-15(18)12(4)16/h6-8,11-12H,5,9H2,1-4H3. The Hall–Kier alpha value is -1.06. The average Bonchev–Trinajstić information content (AvgIpc) is 2.68. The van der Waals surface area contributed by atoms with Crippen molar-refractivity contribution in [1.82, 2.24) is 9.55 Å². The van der Waals surface area contributed by atoms with Crippen molar-refractivity contribution in [3.05, 3.63) is 29.6 Å². The highest BCUT2D eigenvalue weighted by Gasteiger charge is 2.16. The molecule has 2 atom stereocenters. The Balaban J connectivity index is 2.47. The topological polar surface area (TPSA) is 27.1 Å². The van der Waals surface area contributed by atoms with Crippen LogP contribution in [0.25, 0.3) is 11.0 Å². The van der Waals surface area contributed by atoms with Crippen molar-refractivity contribution in [2.45, 2.75) is 45.7 Å². The Labute approximate surface area is 119 Å². The van der Waals surface area contributed by atoms with E-state index in [-0.39, 0.29) is 11.5 Å². The molecule has 3 nitrogen and oxygen atoms in total. The third-order valence-electron chi connectivity index (χ3n) is 3.18. The number of benzene rings is 1. The molecule has 0 N–H and O–H groups in total. The van der Waals surface area contributed by atoms with Crippen LogP contribution in [0.2, 0.25) is 0 Å². The molecule has 1 heterocycles. The summed E-state index contributed by atoms with van der Waals surface area (Å²) in [5, 5.41) is -0.110. The summed E-state index contributed by atoms with van der Waals surface area (Å²) in [4.78, 5) is 4.64. The number of aryl methyl sites for hydroxylation is 1.